The molecule has 2 rings (SSSR count). The molecule has 0 spiro atoms. The Morgan fingerprint density at radius 3 is 2.45 bits per heavy atom. The first kappa shape index (κ1) is 16.3. The molecule has 1 heterocycles. The van der Waals surface area contributed by atoms with Crippen molar-refractivity contribution in [2.75, 3.05) is 19.7 Å². The summed E-state index contributed by atoms with van der Waals surface area (Å²) in [5, 5.41) is 10.8. The number of rotatable bonds is 4. The fourth-order valence-corrected chi connectivity index (χ4v) is 2.66. The summed E-state index contributed by atoms with van der Waals surface area (Å²) < 4.78 is 5.49. The lowest BCUT2D eigenvalue weighted by molar-refractivity contribution is -0.385. The summed E-state index contributed by atoms with van der Waals surface area (Å²) in [6.45, 7) is 3.23. The SMILES string of the molecule is Cc1cc(OCC(=O)N2CCCCCCC2)ccc1[N+](=O)[O-]. The lowest BCUT2D eigenvalue weighted by Gasteiger charge is -2.24. The Balaban J connectivity index is 1.90. The number of likely N-dealkylation sites (tertiary alicyclic amines) is 1. The predicted octanol–water partition coefficient (Wildman–Crippen LogP) is 3.07. The summed E-state index contributed by atoms with van der Waals surface area (Å²) in [5.41, 5.74) is 0.587. The van der Waals surface area contributed by atoms with E-state index in [4.69, 9.17) is 4.74 Å². The summed E-state index contributed by atoms with van der Waals surface area (Å²) in [4.78, 5) is 24.4. The molecular formula is C16H22N2O4. The van der Waals surface area contributed by atoms with Crippen molar-refractivity contribution in [3.63, 3.8) is 0 Å². The number of ether oxygens (including phenoxy) is 1. The van der Waals surface area contributed by atoms with Crippen molar-refractivity contribution in [3.8, 4) is 5.75 Å². The van der Waals surface area contributed by atoms with Gasteiger partial charge in [0.25, 0.3) is 11.6 Å². The Kier molecular flexibility index (Phi) is 5.75. The van der Waals surface area contributed by atoms with Crippen LogP contribution in [0.3, 0.4) is 0 Å². The molecule has 120 valence electrons. The van der Waals surface area contributed by atoms with Gasteiger partial charge in [-0.2, -0.15) is 0 Å². The van der Waals surface area contributed by atoms with E-state index in [1.165, 1.54) is 31.4 Å². The number of nitro benzene ring substituents is 1. The molecule has 1 aliphatic heterocycles. The lowest BCUT2D eigenvalue weighted by atomic mass is 10.1. The molecule has 0 saturated carbocycles. The molecule has 0 aromatic heterocycles. The van der Waals surface area contributed by atoms with Gasteiger partial charge in [0.05, 0.1) is 4.92 Å². The molecule has 1 amide bonds. The van der Waals surface area contributed by atoms with Crippen LogP contribution in [0, 0.1) is 17.0 Å². The molecule has 0 N–H and O–H groups in total. The molecule has 6 nitrogen and oxygen atoms in total. The van der Waals surface area contributed by atoms with Gasteiger partial charge in [0, 0.05) is 24.7 Å². The van der Waals surface area contributed by atoms with Crippen LogP contribution in [-0.2, 0) is 4.79 Å². The molecule has 22 heavy (non-hydrogen) atoms. The van der Waals surface area contributed by atoms with E-state index in [1.54, 1.807) is 13.0 Å². The molecular weight excluding hydrogens is 284 g/mol. The fourth-order valence-electron chi connectivity index (χ4n) is 2.66. The van der Waals surface area contributed by atoms with E-state index in [-0.39, 0.29) is 18.2 Å². The van der Waals surface area contributed by atoms with Crippen LogP contribution in [0.25, 0.3) is 0 Å². The first-order chi connectivity index (χ1) is 10.6. The average Bonchev–Trinajstić information content (AvgIpc) is 2.44. The molecule has 0 radical (unpaired) electrons. The van der Waals surface area contributed by atoms with E-state index in [9.17, 15) is 14.9 Å². The summed E-state index contributed by atoms with van der Waals surface area (Å²) >= 11 is 0. The monoisotopic (exact) mass is 306 g/mol. The second-order valence-corrected chi connectivity index (χ2v) is 5.64. The van der Waals surface area contributed by atoms with E-state index in [2.05, 4.69) is 0 Å². The maximum atomic E-state index is 12.2. The van der Waals surface area contributed by atoms with Crippen molar-refractivity contribution in [3.05, 3.63) is 33.9 Å². The van der Waals surface area contributed by atoms with Crippen molar-refractivity contribution in [2.24, 2.45) is 0 Å². The highest BCUT2D eigenvalue weighted by Crippen LogP contribution is 2.23. The Morgan fingerprint density at radius 2 is 1.86 bits per heavy atom. The topological polar surface area (TPSA) is 72.7 Å². The number of carbonyl (C=O) groups is 1. The number of carbonyl (C=O) groups excluding carboxylic acids is 1. The maximum Gasteiger partial charge on any atom is 0.272 e. The minimum atomic E-state index is -0.426. The second-order valence-electron chi connectivity index (χ2n) is 5.64. The van der Waals surface area contributed by atoms with Crippen molar-refractivity contribution >= 4 is 11.6 Å². The van der Waals surface area contributed by atoms with Gasteiger partial charge in [0.2, 0.25) is 0 Å². The number of nitro groups is 1. The van der Waals surface area contributed by atoms with Crippen LogP contribution in [0.4, 0.5) is 5.69 Å². The third kappa shape index (κ3) is 4.44. The normalized spacial score (nSPS) is 15.8. The summed E-state index contributed by atoms with van der Waals surface area (Å²) in [6, 6.07) is 4.54. The maximum absolute atomic E-state index is 12.2. The number of hydrogen-bond acceptors (Lipinski definition) is 4. The molecule has 6 heteroatoms. The van der Waals surface area contributed by atoms with Crippen molar-refractivity contribution in [1.29, 1.82) is 0 Å². The van der Waals surface area contributed by atoms with E-state index in [1.807, 2.05) is 4.90 Å². The molecule has 1 saturated heterocycles. The smallest absolute Gasteiger partial charge is 0.272 e. The lowest BCUT2D eigenvalue weighted by Crippen LogP contribution is -2.37. The molecule has 1 fully saturated rings. The highest BCUT2D eigenvalue weighted by molar-refractivity contribution is 5.77. The summed E-state index contributed by atoms with van der Waals surface area (Å²) in [6.07, 6.45) is 5.68. The molecule has 0 atom stereocenters. The van der Waals surface area contributed by atoms with Gasteiger partial charge in [0.15, 0.2) is 6.61 Å². The third-order valence-corrected chi connectivity index (χ3v) is 3.94. The highest BCUT2D eigenvalue weighted by Gasteiger charge is 2.16. The van der Waals surface area contributed by atoms with Gasteiger partial charge in [-0.15, -0.1) is 0 Å². The zero-order valence-electron chi connectivity index (χ0n) is 12.9. The van der Waals surface area contributed by atoms with Gasteiger partial charge in [0.1, 0.15) is 5.75 Å². The zero-order chi connectivity index (χ0) is 15.9. The molecule has 0 unspecified atom stereocenters. The Labute approximate surface area is 130 Å². The molecule has 0 bridgehead atoms. The van der Waals surface area contributed by atoms with Crippen LogP contribution in [0.2, 0.25) is 0 Å². The number of hydrogen-bond donors (Lipinski definition) is 0. The van der Waals surface area contributed by atoms with Crippen molar-refractivity contribution in [2.45, 2.75) is 39.0 Å². The first-order valence-corrected chi connectivity index (χ1v) is 7.73. The van der Waals surface area contributed by atoms with E-state index >= 15 is 0 Å². The standard InChI is InChI=1S/C16H22N2O4/c1-13-11-14(7-8-15(13)18(20)21)22-12-16(19)17-9-5-3-2-4-6-10-17/h7-8,11H,2-6,9-10,12H2,1H3. The van der Waals surface area contributed by atoms with E-state index in [0.29, 0.717) is 11.3 Å². The quantitative estimate of drug-likeness (QED) is 0.633. The van der Waals surface area contributed by atoms with E-state index in [0.717, 1.165) is 25.9 Å². The molecule has 0 aliphatic carbocycles. The molecule has 1 aliphatic rings. The zero-order valence-corrected chi connectivity index (χ0v) is 12.9. The van der Waals surface area contributed by atoms with Gasteiger partial charge >= 0.3 is 0 Å². The van der Waals surface area contributed by atoms with Crippen molar-refractivity contribution < 1.29 is 14.5 Å². The van der Waals surface area contributed by atoms with Gasteiger partial charge < -0.3 is 9.64 Å². The molecule has 1 aromatic carbocycles. The Morgan fingerprint density at radius 1 is 1.23 bits per heavy atom. The summed E-state index contributed by atoms with van der Waals surface area (Å²) in [5.74, 6) is 0.474. The fraction of sp³-hybridized carbons (Fsp3) is 0.562. The van der Waals surface area contributed by atoms with Crippen LogP contribution in [-0.4, -0.2) is 35.4 Å². The van der Waals surface area contributed by atoms with Crippen LogP contribution >= 0.6 is 0 Å². The third-order valence-electron chi connectivity index (χ3n) is 3.94. The minimum Gasteiger partial charge on any atom is -0.484 e. The van der Waals surface area contributed by atoms with Gasteiger partial charge in [-0.05, 0) is 31.9 Å². The Hall–Kier alpha value is -2.11. The van der Waals surface area contributed by atoms with E-state index < -0.39 is 4.92 Å². The number of aryl methyl sites for hydroxylation is 1. The Bertz CT molecular complexity index is 537. The number of benzene rings is 1. The van der Waals surface area contributed by atoms with Gasteiger partial charge in [-0.25, -0.2) is 0 Å². The predicted molar refractivity (Wildman–Crippen MR) is 83.0 cm³/mol. The minimum absolute atomic E-state index is 0.0158. The number of amides is 1. The molecule has 1 aromatic rings. The summed E-state index contributed by atoms with van der Waals surface area (Å²) in [7, 11) is 0. The first-order valence-electron chi connectivity index (χ1n) is 7.73. The van der Waals surface area contributed by atoms with Crippen LogP contribution in [0.15, 0.2) is 18.2 Å². The largest absolute Gasteiger partial charge is 0.484 e. The van der Waals surface area contributed by atoms with Crippen molar-refractivity contribution in [1.82, 2.24) is 4.90 Å². The van der Waals surface area contributed by atoms with Crippen LogP contribution < -0.4 is 4.74 Å². The van der Waals surface area contributed by atoms with Gasteiger partial charge in [-0.3, -0.25) is 14.9 Å². The highest BCUT2D eigenvalue weighted by atomic mass is 16.6. The average molecular weight is 306 g/mol. The van der Waals surface area contributed by atoms with Gasteiger partial charge in [-0.1, -0.05) is 19.3 Å². The van der Waals surface area contributed by atoms with Crippen LogP contribution in [0.1, 0.15) is 37.7 Å². The van der Waals surface area contributed by atoms with Crippen LogP contribution in [0.5, 0.6) is 5.75 Å². The second kappa shape index (κ2) is 7.77. The number of nitrogens with zero attached hydrogens (tertiary/aromatic N) is 2.